The lowest BCUT2D eigenvalue weighted by Crippen LogP contribution is -2.11. The van der Waals surface area contributed by atoms with Crippen LogP contribution in [0.25, 0.3) is 11.3 Å². The molecule has 0 aliphatic heterocycles. The van der Waals surface area contributed by atoms with E-state index in [2.05, 4.69) is 19.9 Å². The van der Waals surface area contributed by atoms with Gasteiger partial charge in [0.25, 0.3) is 5.91 Å². The quantitative estimate of drug-likeness (QED) is 0.505. The molecule has 0 fully saturated rings. The topological polar surface area (TPSA) is 67.8 Å². The van der Waals surface area contributed by atoms with Gasteiger partial charge in [0.2, 0.25) is 0 Å². The summed E-state index contributed by atoms with van der Waals surface area (Å²) in [6, 6.07) is 13.8. The summed E-state index contributed by atoms with van der Waals surface area (Å²) in [6.45, 7) is 1.82. The number of benzene rings is 2. The summed E-state index contributed by atoms with van der Waals surface area (Å²) in [5, 5.41) is 9.63. The van der Waals surface area contributed by atoms with Gasteiger partial charge < -0.3 is 5.32 Å². The average molecular weight is 410 g/mol. The van der Waals surface area contributed by atoms with Gasteiger partial charge in [-0.2, -0.15) is 0 Å². The van der Waals surface area contributed by atoms with Crippen molar-refractivity contribution in [2.24, 2.45) is 0 Å². The van der Waals surface area contributed by atoms with Gasteiger partial charge in [-0.25, -0.2) is 9.37 Å². The summed E-state index contributed by atoms with van der Waals surface area (Å²) in [5.74, 6) is -0.459. The molecule has 5 nitrogen and oxygen atoms in total. The normalized spacial score (nSPS) is 10.8. The van der Waals surface area contributed by atoms with Crippen LogP contribution < -0.4 is 5.32 Å². The molecule has 4 rings (SSSR count). The SMILES string of the molecule is Cc1nc(Cc2ccc(F)cc2)sc1C(=O)Nc1ccc(-c2csnn2)cc1. The van der Waals surface area contributed by atoms with E-state index in [0.29, 0.717) is 22.7 Å². The van der Waals surface area contributed by atoms with Gasteiger partial charge in [-0.1, -0.05) is 28.8 Å². The van der Waals surface area contributed by atoms with Crippen LogP contribution in [0, 0.1) is 12.7 Å². The molecule has 2 aromatic heterocycles. The fraction of sp³-hybridized carbons (Fsp3) is 0.100. The van der Waals surface area contributed by atoms with Crippen LogP contribution in [0.1, 0.15) is 25.9 Å². The average Bonchev–Trinajstić information content (AvgIpc) is 3.34. The molecule has 0 radical (unpaired) electrons. The highest BCUT2D eigenvalue weighted by molar-refractivity contribution is 7.14. The number of anilines is 1. The first-order valence-electron chi connectivity index (χ1n) is 8.48. The van der Waals surface area contributed by atoms with Crippen molar-refractivity contribution in [2.75, 3.05) is 5.32 Å². The molecule has 0 aliphatic rings. The first-order valence-corrected chi connectivity index (χ1v) is 10.1. The molecule has 2 aromatic carbocycles. The zero-order valence-corrected chi connectivity index (χ0v) is 16.5. The molecule has 0 unspecified atom stereocenters. The zero-order valence-electron chi connectivity index (χ0n) is 14.8. The predicted molar refractivity (Wildman–Crippen MR) is 109 cm³/mol. The first kappa shape index (κ1) is 18.4. The molecule has 0 atom stereocenters. The molecular formula is C20H15FN4OS2. The van der Waals surface area contributed by atoms with Gasteiger partial charge in [0, 0.05) is 23.1 Å². The monoisotopic (exact) mass is 410 g/mol. The van der Waals surface area contributed by atoms with E-state index in [1.807, 2.05) is 36.6 Å². The van der Waals surface area contributed by atoms with Crippen molar-refractivity contribution in [3.63, 3.8) is 0 Å². The number of halogens is 1. The Morgan fingerprint density at radius 3 is 2.54 bits per heavy atom. The highest BCUT2D eigenvalue weighted by Gasteiger charge is 2.16. The van der Waals surface area contributed by atoms with Crippen LogP contribution in [0.5, 0.6) is 0 Å². The van der Waals surface area contributed by atoms with Gasteiger partial charge >= 0.3 is 0 Å². The van der Waals surface area contributed by atoms with E-state index in [0.717, 1.165) is 21.8 Å². The molecule has 8 heteroatoms. The fourth-order valence-electron chi connectivity index (χ4n) is 2.72. The van der Waals surface area contributed by atoms with Gasteiger partial charge in [0.05, 0.1) is 10.7 Å². The van der Waals surface area contributed by atoms with Crippen molar-refractivity contribution in [1.29, 1.82) is 0 Å². The lowest BCUT2D eigenvalue weighted by atomic mass is 10.1. The minimum Gasteiger partial charge on any atom is -0.321 e. The smallest absolute Gasteiger partial charge is 0.267 e. The second kappa shape index (κ2) is 7.95. The van der Waals surface area contributed by atoms with Crippen molar-refractivity contribution < 1.29 is 9.18 Å². The molecule has 28 heavy (non-hydrogen) atoms. The summed E-state index contributed by atoms with van der Waals surface area (Å²) < 4.78 is 16.9. The maximum Gasteiger partial charge on any atom is 0.267 e. The third-order valence-electron chi connectivity index (χ3n) is 4.11. The van der Waals surface area contributed by atoms with E-state index in [4.69, 9.17) is 0 Å². The Bertz CT molecular complexity index is 1090. The lowest BCUT2D eigenvalue weighted by molar-refractivity contribution is 0.103. The summed E-state index contributed by atoms with van der Waals surface area (Å²) in [7, 11) is 0. The number of thiazole rings is 1. The standard InChI is InChI=1S/C20H15FN4OS2/c1-12-19(28-18(22-12)10-13-2-6-15(21)7-3-13)20(26)23-16-8-4-14(5-9-16)17-11-27-25-24-17/h2-9,11H,10H2,1H3,(H,23,26). The number of rotatable bonds is 5. The molecule has 2 heterocycles. The van der Waals surface area contributed by atoms with E-state index in [1.165, 1.54) is 35.0 Å². The minimum atomic E-state index is -0.267. The Morgan fingerprint density at radius 2 is 1.86 bits per heavy atom. The maximum absolute atomic E-state index is 13.0. The van der Waals surface area contributed by atoms with Crippen molar-refractivity contribution >= 4 is 34.5 Å². The highest BCUT2D eigenvalue weighted by atomic mass is 32.1. The Hall–Kier alpha value is -2.97. The molecule has 1 amide bonds. The summed E-state index contributed by atoms with van der Waals surface area (Å²) in [5.41, 5.74) is 4.10. The number of amides is 1. The molecule has 0 bridgehead atoms. The number of hydrogen-bond donors (Lipinski definition) is 1. The second-order valence-electron chi connectivity index (χ2n) is 6.15. The van der Waals surface area contributed by atoms with Crippen molar-refractivity contribution in [1.82, 2.24) is 14.6 Å². The molecule has 0 aliphatic carbocycles. The predicted octanol–water partition coefficient (Wildman–Crippen LogP) is 4.95. The van der Waals surface area contributed by atoms with E-state index in [-0.39, 0.29) is 11.7 Å². The largest absolute Gasteiger partial charge is 0.321 e. The number of carbonyl (C=O) groups excluding carboxylic acids is 1. The number of carbonyl (C=O) groups is 1. The molecular weight excluding hydrogens is 395 g/mol. The fourth-order valence-corrected chi connectivity index (χ4v) is 4.18. The zero-order chi connectivity index (χ0) is 19.5. The van der Waals surface area contributed by atoms with Crippen LogP contribution in [0.15, 0.2) is 53.9 Å². The Kier molecular flexibility index (Phi) is 5.23. The molecule has 4 aromatic rings. The molecule has 1 N–H and O–H groups in total. The molecule has 0 spiro atoms. The summed E-state index contributed by atoms with van der Waals surface area (Å²) in [4.78, 5) is 17.7. The minimum absolute atomic E-state index is 0.191. The third kappa shape index (κ3) is 4.13. The van der Waals surface area contributed by atoms with Crippen molar-refractivity contribution in [3.05, 3.63) is 80.9 Å². The Balaban J connectivity index is 1.46. The molecule has 0 saturated carbocycles. The summed E-state index contributed by atoms with van der Waals surface area (Å²) >= 11 is 2.65. The van der Waals surface area contributed by atoms with Gasteiger partial charge in [-0.3, -0.25) is 4.79 Å². The van der Waals surface area contributed by atoms with Crippen molar-refractivity contribution in [2.45, 2.75) is 13.3 Å². The number of aryl methyl sites for hydroxylation is 1. The Morgan fingerprint density at radius 1 is 1.11 bits per heavy atom. The van der Waals surface area contributed by atoms with Crippen molar-refractivity contribution in [3.8, 4) is 11.3 Å². The maximum atomic E-state index is 13.0. The number of nitrogens with zero attached hydrogens (tertiary/aromatic N) is 3. The van der Waals surface area contributed by atoms with Gasteiger partial charge in [0.1, 0.15) is 16.4 Å². The van der Waals surface area contributed by atoms with Gasteiger partial charge in [-0.15, -0.1) is 16.4 Å². The van der Waals surface area contributed by atoms with Crippen LogP contribution in [0.2, 0.25) is 0 Å². The van der Waals surface area contributed by atoms with E-state index >= 15 is 0 Å². The molecule has 140 valence electrons. The second-order valence-corrected chi connectivity index (χ2v) is 7.84. The highest BCUT2D eigenvalue weighted by Crippen LogP contribution is 2.24. The van der Waals surface area contributed by atoms with E-state index < -0.39 is 0 Å². The van der Waals surface area contributed by atoms with E-state index in [9.17, 15) is 9.18 Å². The number of aromatic nitrogens is 3. The first-order chi connectivity index (χ1) is 13.6. The lowest BCUT2D eigenvalue weighted by Gasteiger charge is -2.05. The Labute approximate surface area is 169 Å². The number of hydrogen-bond acceptors (Lipinski definition) is 6. The molecule has 0 saturated heterocycles. The van der Waals surface area contributed by atoms with Crippen LogP contribution in [-0.2, 0) is 6.42 Å². The summed E-state index contributed by atoms with van der Waals surface area (Å²) in [6.07, 6.45) is 0.565. The van der Waals surface area contributed by atoms with E-state index in [1.54, 1.807) is 12.1 Å². The van der Waals surface area contributed by atoms with Crippen LogP contribution in [0.3, 0.4) is 0 Å². The van der Waals surface area contributed by atoms with Crippen LogP contribution in [0.4, 0.5) is 10.1 Å². The van der Waals surface area contributed by atoms with Crippen LogP contribution >= 0.6 is 22.9 Å². The van der Waals surface area contributed by atoms with Gasteiger partial charge in [-0.05, 0) is 48.3 Å². The number of nitrogens with one attached hydrogen (secondary N) is 1. The van der Waals surface area contributed by atoms with Gasteiger partial charge in [0.15, 0.2) is 0 Å². The van der Waals surface area contributed by atoms with Crippen LogP contribution in [-0.4, -0.2) is 20.5 Å². The third-order valence-corrected chi connectivity index (χ3v) is 5.78.